The van der Waals surface area contributed by atoms with Crippen LogP contribution in [0.1, 0.15) is 55.8 Å². The van der Waals surface area contributed by atoms with Gasteiger partial charge in [0.2, 0.25) is 0 Å². The van der Waals surface area contributed by atoms with Crippen molar-refractivity contribution in [3.8, 4) is 0 Å². The fourth-order valence-electron chi connectivity index (χ4n) is 3.10. The number of piperidine rings is 1. The van der Waals surface area contributed by atoms with Gasteiger partial charge in [0, 0.05) is 15.3 Å². The van der Waals surface area contributed by atoms with E-state index in [2.05, 4.69) is 41.7 Å². The normalized spacial score (nSPS) is 15.3. The van der Waals surface area contributed by atoms with Crippen molar-refractivity contribution < 1.29 is 4.79 Å². The van der Waals surface area contributed by atoms with E-state index in [1.54, 1.807) is 11.8 Å². The lowest BCUT2D eigenvalue weighted by Gasteiger charge is -2.23. The molecule has 0 bridgehead atoms. The molecule has 0 unspecified atom stereocenters. The highest BCUT2D eigenvalue weighted by Gasteiger charge is 2.23. The lowest BCUT2D eigenvalue weighted by molar-refractivity contribution is 0.102. The Kier molecular flexibility index (Phi) is 7.31. The van der Waals surface area contributed by atoms with Crippen LogP contribution in [-0.2, 0) is 0 Å². The highest BCUT2D eigenvalue weighted by Crippen LogP contribution is 2.32. The monoisotopic (exact) mass is 409 g/mol. The summed E-state index contributed by atoms with van der Waals surface area (Å²) in [4.78, 5) is 13.8. The molecule has 27 heavy (non-hydrogen) atoms. The number of hydrogen-bond donors (Lipinski definition) is 2. The molecule has 0 atom stereocenters. The van der Waals surface area contributed by atoms with E-state index in [9.17, 15) is 4.79 Å². The minimum absolute atomic E-state index is 0. The molecule has 2 heterocycles. The highest BCUT2D eigenvalue weighted by atomic mass is 35.5. The first-order chi connectivity index (χ1) is 12.3. The third kappa shape index (κ3) is 5.70. The predicted octanol–water partition coefficient (Wildman–Crippen LogP) is 4.08. The van der Waals surface area contributed by atoms with Crippen LogP contribution in [0.5, 0.6) is 0 Å². The minimum Gasteiger partial charge on any atom is -0.321 e. The molecule has 6 nitrogen and oxygen atoms in total. The maximum absolute atomic E-state index is 12.6. The van der Waals surface area contributed by atoms with Crippen molar-refractivity contribution in [3.63, 3.8) is 0 Å². The van der Waals surface area contributed by atoms with E-state index in [0.717, 1.165) is 37.3 Å². The molecule has 1 aliphatic rings. The summed E-state index contributed by atoms with van der Waals surface area (Å²) >= 11 is 1.80. The van der Waals surface area contributed by atoms with Gasteiger partial charge in [-0.15, -0.1) is 29.3 Å². The first-order valence-corrected chi connectivity index (χ1v) is 9.88. The van der Waals surface area contributed by atoms with Gasteiger partial charge in [-0.1, -0.05) is 26.0 Å². The van der Waals surface area contributed by atoms with E-state index in [1.165, 1.54) is 4.90 Å². The second kappa shape index (κ2) is 9.08. The molecule has 0 spiro atoms. The number of amides is 1. The maximum Gasteiger partial charge on any atom is 0.278 e. The van der Waals surface area contributed by atoms with Crippen molar-refractivity contribution in [2.45, 2.75) is 56.2 Å². The summed E-state index contributed by atoms with van der Waals surface area (Å²) in [6.07, 6.45) is 2.02. The fourth-order valence-corrected chi connectivity index (χ4v) is 4.08. The Morgan fingerprint density at radius 2 is 1.85 bits per heavy atom. The third-order valence-corrected chi connectivity index (χ3v) is 5.45. The fraction of sp³-hybridized carbons (Fsp3) is 0.526. The Morgan fingerprint density at radius 3 is 2.44 bits per heavy atom. The Bertz CT molecular complexity index is 763. The van der Waals surface area contributed by atoms with Crippen molar-refractivity contribution in [3.05, 3.63) is 35.7 Å². The highest BCUT2D eigenvalue weighted by molar-refractivity contribution is 8.00. The number of benzene rings is 1. The van der Waals surface area contributed by atoms with Gasteiger partial charge in [-0.3, -0.25) is 4.79 Å². The van der Waals surface area contributed by atoms with Gasteiger partial charge in [0.15, 0.2) is 5.69 Å². The number of carbonyl (C=O) groups excluding carboxylic acids is 1. The Balaban J connectivity index is 0.00000261. The summed E-state index contributed by atoms with van der Waals surface area (Å²) in [7, 11) is 0. The second-order valence-corrected chi connectivity index (χ2v) is 9.54. The molecule has 0 radical (unpaired) electrons. The zero-order valence-corrected chi connectivity index (χ0v) is 17.9. The number of nitrogens with one attached hydrogen (secondary N) is 2. The van der Waals surface area contributed by atoms with Gasteiger partial charge < -0.3 is 10.6 Å². The van der Waals surface area contributed by atoms with E-state index in [4.69, 9.17) is 0 Å². The van der Waals surface area contributed by atoms with E-state index >= 15 is 0 Å². The summed E-state index contributed by atoms with van der Waals surface area (Å²) in [5.41, 5.74) is 2.00. The SMILES string of the molecule is Cc1c(C(=O)Nc2ccc(SC(C)(C)C)cc2)nnn1C1CCNCC1.Cl. The molecule has 3 rings (SSSR count). The molecule has 1 aromatic carbocycles. The maximum atomic E-state index is 12.6. The molecular weight excluding hydrogens is 382 g/mol. The topological polar surface area (TPSA) is 71.8 Å². The average molecular weight is 410 g/mol. The Labute approximate surface area is 171 Å². The smallest absolute Gasteiger partial charge is 0.278 e. The Morgan fingerprint density at radius 1 is 1.22 bits per heavy atom. The van der Waals surface area contributed by atoms with Gasteiger partial charge in [-0.2, -0.15) is 0 Å². The van der Waals surface area contributed by atoms with Crippen LogP contribution in [0, 0.1) is 6.92 Å². The van der Waals surface area contributed by atoms with Crippen LogP contribution in [-0.4, -0.2) is 38.7 Å². The predicted molar refractivity (Wildman–Crippen MR) is 113 cm³/mol. The molecular formula is C19H28ClN5OS. The van der Waals surface area contributed by atoms with Crippen LogP contribution in [0.3, 0.4) is 0 Å². The third-order valence-electron chi connectivity index (χ3n) is 4.33. The van der Waals surface area contributed by atoms with E-state index in [0.29, 0.717) is 11.7 Å². The molecule has 2 N–H and O–H groups in total. The number of hydrogen-bond acceptors (Lipinski definition) is 5. The molecule has 1 saturated heterocycles. The Hall–Kier alpha value is -1.57. The van der Waals surface area contributed by atoms with Crippen molar-refractivity contribution in [2.24, 2.45) is 0 Å². The van der Waals surface area contributed by atoms with Gasteiger partial charge in [0.25, 0.3) is 5.91 Å². The molecule has 148 valence electrons. The van der Waals surface area contributed by atoms with E-state index in [-0.39, 0.29) is 23.1 Å². The number of carbonyl (C=O) groups is 1. The molecule has 1 aliphatic heterocycles. The van der Waals surface area contributed by atoms with Crippen molar-refractivity contribution in [1.82, 2.24) is 20.3 Å². The largest absolute Gasteiger partial charge is 0.321 e. The van der Waals surface area contributed by atoms with Gasteiger partial charge in [-0.05, 0) is 57.1 Å². The number of halogens is 1. The lowest BCUT2D eigenvalue weighted by Crippen LogP contribution is -2.30. The summed E-state index contributed by atoms with van der Waals surface area (Å²) in [6.45, 7) is 10.4. The van der Waals surface area contributed by atoms with Crippen molar-refractivity contribution >= 4 is 35.8 Å². The average Bonchev–Trinajstić information content (AvgIpc) is 2.98. The quantitative estimate of drug-likeness (QED) is 0.744. The van der Waals surface area contributed by atoms with Crippen LogP contribution in [0.2, 0.25) is 0 Å². The van der Waals surface area contributed by atoms with Crippen LogP contribution in [0.25, 0.3) is 0 Å². The van der Waals surface area contributed by atoms with Gasteiger partial charge in [0.1, 0.15) is 0 Å². The molecule has 8 heteroatoms. The molecule has 2 aromatic rings. The zero-order valence-electron chi connectivity index (χ0n) is 16.3. The van der Waals surface area contributed by atoms with Crippen molar-refractivity contribution in [1.29, 1.82) is 0 Å². The van der Waals surface area contributed by atoms with Crippen molar-refractivity contribution in [2.75, 3.05) is 18.4 Å². The standard InChI is InChI=1S/C19H27N5OS.ClH/c1-13-17(22-23-24(13)15-9-11-20-12-10-15)18(25)21-14-5-7-16(8-6-14)26-19(2,3)4;/h5-8,15,20H,9-12H2,1-4H3,(H,21,25);1H. The van der Waals surface area contributed by atoms with Crippen LogP contribution >= 0.6 is 24.2 Å². The molecule has 0 saturated carbocycles. The first-order valence-electron chi connectivity index (χ1n) is 9.06. The summed E-state index contributed by atoms with van der Waals surface area (Å²) in [5, 5.41) is 14.6. The minimum atomic E-state index is -0.209. The number of rotatable bonds is 4. The van der Waals surface area contributed by atoms with Gasteiger partial charge in [-0.25, -0.2) is 4.68 Å². The molecule has 1 fully saturated rings. The van der Waals surface area contributed by atoms with E-state index < -0.39 is 0 Å². The summed E-state index contributed by atoms with van der Waals surface area (Å²) in [6, 6.07) is 8.24. The summed E-state index contributed by atoms with van der Waals surface area (Å²) < 4.78 is 2.06. The van der Waals surface area contributed by atoms with Crippen LogP contribution < -0.4 is 10.6 Å². The number of thioether (sulfide) groups is 1. The summed E-state index contributed by atoms with van der Waals surface area (Å²) in [5.74, 6) is -0.209. The second-order valence-electron chi connectivity index (χ2n) is 7.64. The van der Waals surface area contributed by atoms with Crippen LogP contribution in [0.4, 0.5) is 5.69 Å². The lowest BCUT2D eigenvalue weighted by atomic mass is 10.1. The molecule has 1 aromatic heterocycles. The zero-order chi connectivity index (χ0) is 18.7. The van der Waals surface area contributed by atoms with Gasteiger partial charge >= 0.3 is 0 Å². The molecule has 0 aliphatic carbocycles. The van der Waals surface area contributed by atoms with E-state index in [1.807, 2.05) is 35.9 Å². The first kappa shape index (κ1) is 21.7. The number of nitrogens with zero attached hydrogens (tertiary/aromatic N) is 3. The van der Waals surface area contributed by atoms with Gasteiger partial charge in [0.05, 0.1) is 11.7 Å². The van der Waals surface area contributed by atoms with Crippen LogP contribution in [0.15, 0.2) is 29.2 Å². The number of aromatic nitrogens is 3. The molecule has 1 amide bonds. The number of anilines is 1.